The van der Waals surface area contributed by atoms with Gasteiger partial charge in [-0.3, -0.25) is 14.9 Å². The van der Waals surface area contributed by atoms with Crippen molar-refractivity contribution < 1.29 is 9.90 Å². The van der Waals surface area contributed by atoms with E-state index in [1.165, 1.54) is 23.1 Å². The van der Waals surface area contributed by atoms with Crippen molar-refractivity contribution in [3.8, 4) is 0 Å². The van der Waals surface area contributed by atoms with Crippen molar-refractivity contribution in [1.82, 2.24) is 14.8 Å². The Kier molecular flexibility index (Phi) is 5.23. The number of carbonyl (C=O) groups is 1. The van der Waals surface area contributed by atoms with Gasteiger partial charge in [0.25, 0.3) is 5.56 Å². The van der Waals surface area contributed by atoms with E-state index in [1.807, 2.05) is 27.7 Å². The highest BCUT2D eigenvalue weighted by Crippen LogP contribution is 2.43. The molecular weight excluding hydrogens is 414 g/mol. The number of aromatic nitrogens is 1. The van der Waals surface area contributed by atoms with E-state index in [2.05, 4.69) is 29.6 Å². The lowest BCUT2D eigenvalue weighted by atomic mass is 9.87. The van der Waals surface area contributed by atoms with Crippen molar-refractivity contribution in [3.63, 3.8) is 0 Å². The quantitative estimate of drug-likeness (QED) is 0.762. The van der Waals surface area contributed by atoms with E-state index in [4.69, 9.17) is 0 Å². The molecule has 33 heavy (non-hydrogen) atoms. The summed E-state index contributed by atoms with van der Waals surface area (Å²) >= 11 is 0. The lowest BCUT2D eigenvalue weighted by Gasteiger charge is -2.33. The van der Waals surface area contributed by atoms with Gasteiger partial charge in [0.15, 0.2) is 0 Å². The van der Waals surface area contributed by atoms with Gasteiger partial charge in [-0.2, -0.15) is 0 Å². The van der Waals surface area contributed by atoms with Crippen LogP contribution in [0, 0.1) is 11.8 Å². The van der Waals surface area contributed by atoms with Crippen LogP contribution in [0.2, 0.25) is 0 Å². The molecule has 3 aliphatic heterocycles. The smallest absolute Gasteiger partial charge is 0.258 e. The molecule has 4 aliphatic rings. The molecule has 6 heteroatoms. The summed E-state index contributed by atoms with van der Waals surface area (Å²) in [4.78, 5) is 28.8. The van der Waals surface area contributed by atoms with Gasteiger partial charge in [0.1, 0.15) is 0 Å². The number of nitrogens with one attached hydrogen (secondary N) is 1. The molecule has 1 aromatic heterocycles. The third-order valence-electron chi connectivity index (χ3n) is 8.24. The molecule has 1 aromatic carbocycles. The number of carbonyl (C=O) groups excluding carboxylic acids is 1. The first kappa shape index (κ1) is 20.9. The fourth-order valence-corrected chi connectivity index (χ4v) is 6.45. The molecule has 0 spiro atoms. The number of hydrogen-bond acceptors (Lipinski definition) is 4. The highest BCUT2D eigenvalue weighted by atomic mass is 16.3. The highest BCUT2D eigenvalue weighted by molar-refractivity contribution is 5.83. The molecule has 1 amide bonds. The zero-order valence-electron chi connectivity index (χ0n) is 18.9. The van der Waals surface area contributed by atoms with Crippen LogP contribution >= 0.6 is 0 Å². The summed E-state index contributed by atoms with van der Waals surface area (Å²) in [5, 5.41) is 13.8. The van der Waals surface area contributed by atoms with Crippen LogP contribution < -0.4 is 10.9 Å². The van der Waals surface area contributed by atoms with Gasteiger partial charge in [-0.05, 0) is 60.9 Å². The summed E-state index contributed by atoms with van der Waals surface area (Å²) in [5.74, 6) is -0.0866. The molecule has 172 valence electrons. The Morgan fingerprint density at radius 3 is 2.73 bits per heavy atom. The van der Waals surface area contributed by atoms with Crippen molar-refractivity contribution in [3.05, 3.63) is 75.2 Å². The minimum atomic E-state index is -0.417. The van der Waals surface area contributed by atoms with Crippen molar-refractivity contribution in [2.24, 2.45) is 11.8 Å². The fourth-order valence-electron chi connectivity index (χ4n) is 6.45. The van der Waals surface area contributed by atoms with Gasteiger partial charge in [0.05, 0.1) is 12.1 Å². The lowest BCUT2D eigenvalue weighted by molar-refractivity contribution is -0.135. The Bertz CT molecular complexity index is 1180. The molecule has 0 bridgehead atoms. The van der Waals surface area contributed by atoms with Gasteiger partial charge in [0, 0.05) is 49.3 Å². The van der Waals surface area contributed by atoms with Crippen LogP contribution in [0.15, 0.2) is 47.3 Å². The third-order valence-corrected chi connectivity index (χ3v) is 8.24. The van der Waals surface area contributed by atoms with Crippen molar-refractivity contribution in [2.45, 2.75) is 57.3 Å². The van der Waals surface area contributed by atoms with E-state index in [1.54, 1.807) is 0 Å². The summed E-state index contributed by atoms with van der Waals surface area (Å²) in [7, 11) is 0. The SMILES string of the molecule is O=C([C@@H]1N[C@@H]2c3ccc(C4=CCCCC4)c(=O)n3C[C@@H]2[C@H]1CO)N1CCc2ccccc2C1. The van der Waals surface area contributed by atoms with Crippen LogP contribution in [0.25, 0.3) is 5.57 Å². The second-order valence-corrected chi connectivity index (χ2v) is 9.97. The molecule has 6 nitrogen and oxygen atoms in total. The third kappa shape index (κ3) is 3.39. The number of aliphatic hydroxyl groups excluding tert-OH is 1. The van der Waals surface area contributed by atoms with Crippen molar-refractivity contribution in [1.29, 1.82) is 0 Å². The minimum Gasteiger partial charge on any atom is -0.396 e. The molecule has 1 saturated heterocycles. The summed E-state index contributed by atoms with van der Waals surface area (Å²) in [6, 6.07) is 11.8. The summed E-state index contributed by atoms with van der Waals surface area (Å²) in [5.41, 5.74) is 5.53. The number of benzene rings is 1. The van der Waals surface area contributed by atoms with E-state index < -0.39 is 6.04 Å². The number of amides is 1. The number of rotatable bonds is 3. The minimum absolute atomic E-state index is 0.0457. The normalized spacial score (nSPS) is 28.2. The van der Waals surface area contributed by atoms with E-state index in [0.29, 0.717) is 19.6 Å². The van der Waals surface area contributed by atoms with Crippen LogP contribution in [0.1, 0.15) is 54.1 Å². The predicted octanol–water partition coefficient (Wildman–Crippen LogP) is 2.64. The maximum atomic E-state index is 13.5. The molecule has 2 N–H and O–H groups in total. The average molecular weight is 446 g/mol. The van der Waals surface area contributed by atoms with Crippen molar-refractivity contribution in [2.75, 3.05) is 13.2 Å². The molecule has 2 aromatic rings. The monoisotopic (exact) mass is 445 g/mol. The summed E-state index contributed by atoms with van der Waals surface area (Å²) < 4.78 is 1.88. The molecule has 1 fully saturated rings. The number of aliphatic hydroxyl groups is 1. The Hall–Kier alpha value is -2.70. The van der Waals surface area contributed by atoms with Gasteiger partial charge in [0.2, 0.25) is 5.91 Å². The standard InChI is InChI=1S/C27H31N3O3/c31-16-22-21-15-30-23(11-10-20(26(30)32)18-7-2-1-3-8-18)24(21)28-25(22)27(33)29-13-12-17-6-4-5-9-19(17)14-29/h4-7,9-11,21-22,24-25,28,31H,1-3,8,12-16H2/t21-,22-,24+,25-/m1/s1. The summed E-state index contributed by atoms with van der Waals surface area (Å²) in [6.45, 7) is 1.83. The second-order valence-electron chi connectivity index (χ2n) is 9.97. The Morgan fingerprint density at radius 1 is 1.09 bits per heavy atom. The zero-order valence-corrected chi connectivity index (χ0v) is 18.9. The summed E-state index contributed by atoms with van der Waals surface area (Å²) in [6.07, 6.45) is 7.41. The molecule has 0 saturated carbocycles. The first-order valence-electron chi connectivity index (χ1n) is 12.3. The number of pyridine rings is 1. The van der Waals surface area contributed by atoms with E-state index in [0.717, 1.165) is 36.9 Å². The van der Waals surface area contributed by atoms with Crippen LogP contribution in [-0.4, -0.2) is 39.7 Å². The second kappa shape index (κ2) is 8.26. The number of nitrogens with zero attached hydrogens (tertiary/aromatic N) is 2. The first-order chi connectivity index (χ1) is 16.2. The zero-order chi connectivity index (χ0) is 22.5. The molecular formula is C27H31N3O3. The van der Waals surface area contributed by atoms with Gasteiger partial charge in [-0.1, -0.05) is 30.3 Å². The highest BCUT2D eigenvalue weighted by Gasteiger charge is 2.51. The topological polar surface area (TPSA) is 74.6 Å². The fraction of sp³-hybridized carbons (Fsp3) is 0.481. The maximum absolute atomic E-state index is 13.5. The number of hydrogen-bond donors (Lipinski definition) is 2. The number of fused-ring (bicyclic) bond motifs is 4. The van der Waals surface area contributed by atoms with Crippen LogP contribution in [0.3, 0.4) is 0 Å². The number of allylic oxidation sites excluding steroid dienone is 2. The average Bonchev–Trinajstić information content (AvgIpc) is 3.40. The van der Waals surface area contributed by atoms with Crippen LogP contribution in [0.4, 0.5) is 0 Å². The van der Waals surface area contributed by atoms with Crippen LogP contribution in [0.5, 0.6) is 0 Å². The molecule has 1 aliphatic carbocycles. The molecule has 4 atom stereocenters. The Morgan fingerprint density at radius 2 is 1.94 bits per heavy atom. The van der Waals surface area contributed by atoms with Gasteiger partial charge in [-0.15, -0.1) is 0 Å². The molecule has 0 radical (unpaired) electrons. The largest absolute Gasteiger partial charge is 0.396 e. The van der Waals surface area contributed by atoms with Crippen LogP contribution in [-0.2, 0) is 24.3 Å². The Labute approximate surface area is 193 Å². The van der Waals surface area contributed by atoms with Gasteiger partial charge < -0.3 is 14.6 Å². The van der Waals surface area contributed by atoms with Crippen molar-refractivity contribution >= 4 is 11.5 Å². The maximum Gasteiger partial charge on any atom is 0.258 e. The Balaban J connectivity index is 1.25. The molecule has 6 rings (SSSR count). The predicted molar refractivity (Wildman–Crippen MR) is 126 cm³/mol. The van der Waals surface area contributed by atoms with Gasteiger partial charge in [-0.25, -0.2) is 0 Å². The van der Waals surface area contributed by atoms with E-state index in [9.17, 15) is 14.7 Å². The lowest BCUT2D eigenvalue weighted by Crippen LogP contribution is -2.49. The van der Waals surface area contributed by atoms with Gasteiger partial charge >= 0.3 is 0 Å². The first-order valence-corrected chi connectivity index (χ1v) is 12.3. The molecule has 4 heterocycles. The van der Waals surface area contributed by atoms with E-state index >= 15 is 0 Å². The van der Waals surface area contributed by atoms with E-state index in [-0.39, 0.29) is 36.0 Å². The molecule has 0 unspecified atom stereocenters.